The van der Waals surface area contributed by atoms with Crippen molar-refractivity contribution < 1.29 is 14.4 Å². The molecule has 11 heavy (non-hydrogen) atoms. The molecule has 0 saturated carbocycles. The van der Waals surface area contributed by atoms with Crippen molar-refractivity contribution >= 4 is 6.16 Å². The molecule has 0 spiro atoms. The van der Waals surface area contributed by atoms with Crippen molar-refractivity contribution in [2.45, 2.75) is 39.8 Å². The van der Waals surface area contributed by atoms with Crippen molar-refractivity contribution in [3.05, 3.63) is 0 Å². The first-order chi connectivity index (χ1) is 5.02. The van der Waals surface area contributed by atoms with Crippen LogP contribution in [0.1, 0.15) is 27.7 Å². The largest absolute Gasteiger partial charge is 0.527 e. The number of rotatable bonds is 3. The van der Waals surface area contributed by atoms with Gasteiger partial charge in [0.25, 0.3) is 0 Å². The van der Waals surface area contributed by atoms with Crippen molar-refractivity contribution in [2.75, 3.05) is 0 Å². The molecule has 0 rings (SSSR count). The Balaban J connectivity index is 3.38. The molecule has 0 saturated heterocycles. The molecule has 0 aromatic carbocycles. The molecule has 1 N–H and O–H groups in total. The topological polar surface area (TPSA) is 47.6 Å². The summed E-state index contributed by atoms with van der Waals surface area (Å²) >= 11 is 0. The Morgan fingerprint density at radius 1 is 1.27 bits per heavy atom. The molecule has 0 atom stereocenters. The second kappa shape index (κ2) is 4.96. The van der Waals surface area contributed by atoms with Crippen molar-refractivity contribution in [3.63, 3.8) is 0 Å². The molecule has 0 bridgehead atoms. The molecule has 0 aliphatic carbocycles. The van der Waals surface area contributed by atoms with Gasteiger partial charge in [-0.25, -0.2) is 4.79 Å². The predicted molar refractivity (Wildman–Crippen MR) is 41.0 cm³/mol. The summed E-state index contributed by atoms with van der Waals surface area (Å²) in [7, 11) is 0. The SMILES string of the molecule is CC(C)NOC(=O)OC(C)C. The molecule has 0 radical (unpaired) electrons. The Morgan fingerprint density at radius 2 is 1.82 bits per heavy atom. The first-order valence-electron chi connectivity index (χ1n) is 3.65. The van der Waals surface area contributed by atoms with E-state index in [4.69, 9.17) is 0 Å². The van der Waals surface area contributed by atoms with Gasteiger partial charge in [-0.1, -0.05) is 0 Å². The average molecular weight is 161 g/mol. The highest BCUT2D eigenvalue weighted by Gasteiger charge is 2.06. The fourth-order valence-corrected chi connectivity index (χ4v) is 0.382. The summed E-state index contributed by atoms with van der Waals surface area (Å²) in [5.41, 5.74) is 2.48. The number of hydrogen-bond acceptors (Lipinski definition) is 4. The number of hydroxylamine groups is 1. The molecule has 0 aromatic rings. The highest BCUT2D eigenvalue weighted by atomic mass is 16.8. The number of carbonyl (C=O) groups excluding carboxylic acids is 1. The minimum absolute atomic E-state index is 0.106. The third-order valence-electron chi connectivity index (χ3n) is 0.710. The summed E-state index contributed by atoms with van der Waals surface area (Å²) in [4.78, 5) is 15.2. The summed E-state index contributed by atoms with van der Waals surface area (Å²) in [5.74, 6) is 0. The Morgan fingerprint density at radius 3 is 2.18 bits per heavy atom. The van der Waals surface area contributed by atoms with Crippen LogP contribution in [-0.4, -0.2) is 18.3 Å². The molecule has 0 heterocycles. The van der Waals surface area contributed by atoms with Gasteiger partial charge in [0, 0.05) is 6.04 Å². The zero-order valence-electron chi connectivity index (χ0n) is 7.38. The van der Waals surface area contributed by atoms with Crippen LogP contribution in [0.2, 0.25) is 0 Å². The van der Waals surface area contributed by atoms with E-state index in [9.17, 15) is 4.79 Å². The third-order valence-corrected chi connectivity index (χ3v) is 0.710. The summed E-state index contributed by atoms with van der Waals surface area (Å²) in [6.45, 7) is 7.25. The molecule has 4 nitrogen and oxygen atoms in total. The van der Waals surface area contributed by atoms with Gasteiger partial charge in [0.1, 0.15) is 0 Å². The van der Waals surface area contributed by atoms with Crippen LogP contribution in [0, 0.1) is 0 Å². The highest BCUT2D eigenvalue weighted by molar-refractivity contribution is 5.59. The average Bonchev–Trinajstić information content (AvgIpc) is 1.82. The normalized spacial score (nSPS) is 10.4. The predicted octanol–water partition coefficient (Wildman–Crippen LogP) is 1.46. The zero-order chi connectivity index (χ0) is 8.85. The number of carbonyl (C=O) groups is 1. The summed E-state index contributed by atoms with van der Waals surface area (Å²) < 4.78 is 4.68. The van der Waals surface area contributed by atoms with E-state index in [-0.39, 0.29) is 12.1 Å². The van der Waals surface area contributed by atoms with Crippen molar-refractivity contribution in [3.8, 4) is 0 Å². The molecule has 0 aromatic heterocycles. The second-order valence-electron chi connectivity index (χ2n) is 2.79. The third kappa shape index (κ3) is 7.12. The molecular weight excluding hydrogens is 146 g/mol. The maximum absolute atomic E-state index is 10.7. The lowest BCUT2D eigenvalue weighted by molar-refractivity contribution is -0.00690. The van der Waals surface area contributed by atoms with Crippen molar-refractivity contribution in [1.82, 2.24) is 5.48 Å². The first-order valence-corrected chi connectivity index (χ1v) is 3.65. The fourth-order valence-electron chi connectivity index (χ4n) is 0.382. The standard InChI is InChI=1S/C7H15NO3/c1-5(2)8-11-7(9)10-6(3)4/h5-6,8H,1-4H3. The van der Waals surface area contributed by atoms with Crippen LogP contribution in [0.4, 0.5) is 4.79 Å². The van der Waals surface area contributed by atoms with Crippen LogP contribution in [-0.2, 0) is 9.57 Å². The van der Waals surface area contributed by atoms with E-state index in [1.807, 2.05) is 13.8 Å². The van der Waals surface area contributed by atoms with Gasteiger partial charge in [-0.2, -0.15) is 0 Å². The minimum Gasteiger partial charge on any atom is -0.430 e. The Labute approximate surface area is 66.8 Å². The molecule has 0 fully saturated rings. The van der Waals surface area contributed by atoms with E-state index in [1.54, 1.807) is 13.8 Å². The molecular formula is C7H15NO3. The first kappa shape index (κ1) is 10.2. The monoisotopic (exact) mass is 161 g/mol. The van der Waals surface area contributed by atoms with Crippen LogP contribution in [0.25, 0.3) is 0 Å². The van der Waals surface area contributed by atoms with Gasteiger partial charge in [-0.05, 0) is 27.7 Å². The van der Waals surface area contributed by atoms with Crippen LogP contribution < -0.4 is 5.48 Å². The van der Waals surface area contributed by atoms with E-state index in [0.29, 0.717) is 0 Å². The minimum atomic E-state index is -0.686. The molecule has 0 aliphatic rings. The van der Waals surface area contributed by atoms with Gasteiger partial charge in [0.05, 0.1) is 6.10 Å². The summed E-state index contributed by atoms with van der Waals surface area (Å²) in [6.07, 6.45) is -0.829. The van der Waals surface area contributed by atoms with E-state index < -0.39 is 6.16 Å². The zero-order valence-corrected chi connectivity index (χ0v) is 7.38. The van der Waals surface area contributed by atoms with Crippen molar-refractivity contribution in [2.24, 2.45) is 0 Å². The molecule has 0 unspecified atom stereocenters. The van der Waals surface area contributed by atoms with Crippen LogP contribution in [0.3, 0.4) is 0 Å². The molecule has 0 amide bonds. The number of ether oxygens (including phenoxy) is 1. The van der Waals surface area contributed by atoms with E-state index in [1.165, 1.54) is 0 Å². The smallest absolute Gasteiger partial charge is 0.430 e. The maximum atomic E-state index is 10.7. The summed E-state index contributed by atoms with van der Waals surface area (Å²) in [5, 5.41) is 0. The maximum Gasteiger partial charge on any atom is 0.527 e. The fraction of sp³-hybridized carbons (Fsp3) is 0.857. The number of nitrogens with one attached hydrogen (secondary N) is 1. The van der Waals surface area contributed by atoms with E-state index in [2.05, 4.69) is 15.1 Å². The molecule has 66 valence electrons. The Hall–Kier alpha value is -0.770. The van der Waals surface area contributed by atoms with Crippen LogP contribution >= 0.6 is 0 Å². The van der Waals surface area contributed by atoms with Crippen LogP contribution in [0.5, 0.6) is 0 Å². The Kier molecular flexibility index (Phi) is 4.61. The van der Waals surface area contributed by atoms with Crippen LogP contribution in [0.15, 0.2) is 0 Å². The van der Waals surface area contributed by atoms with E-state index >= 15 is 0 Å². The highest BCUT2D eigenvalue weighted by Crippen LogP contribution is 1.91. The summed E-state index contributed by atoms with van der Waals surface area (Å²) in [6, 6.07) is 0.106. The number of hydrogen-bond donors (Lipinski definition) is 1. The van der Waals surface area contributed by atoms with Gasteiger partial charge in [0.15, 0.2) is 0 Å². The van der Waals surface area contributed by atoms with Gasteiger partial charge < -0.3 is 9.57 Å². The second-order valence-corrected chi connectivity index (χ2v) is 2.79. The van der Waals surface area contributed by atoms with Gasteiger partial charge >= 0.3 is 6.16 Å². The Bertz CT molecular complexity index is 123. The quantitative estimate of drug-likeness (QED) is 0.503. The lowest BCUT2D eigenvalue weighted by atomic mass is 10.4. The van der Waals surface area contributed by atoms with Crippen molar-refractivity contribution in [1.29, 1.82) is 0 Å². The molecule has 4 heteroatoms. The lowest BCUT2D eigenvalue weighted by Crippen LogP contribution is -2.28. The van der Waals surface area contributed by atoms with E-state index in [0.717, 1.165) is 0 Å². The van der Waals surface area contributed by atoms with Gasteiger partial charge in [0.2, 0.25) is 0 Å². The molecule has 0 aliphatic heterocycles. The van der Waals surface area contributed by atoms with Gasteiger partial charge in [-0.3, -0.25) is 0 Å². The lowest BCUT2D eigenvalue weighted by Gasteiger charge is -2.10. The van der Waals surface area contributed by atoms with Gasteiger partial charge in [-0.15, -0.1) is 5.48 Å².